The number of carbonyl (C=O) groups excluding carboxylic acids is 3. The molecule has 0 unspecified atom stereocenters. The van der Waals surface area contributed by atoms with Gasteiger partial charge in [0.05, 0.1) is 6.10 Å². The van der Waals surface area contributed by atoms with E-state index in [1.165, 1.54) is 20.8 Å². The first-order valence-electron chi connectivity index (χ1n) is 5.48. The molecule has 0 bridgehead atoms. The van der Waals surface area contributed by atoms with Gasteiger partial charge in [-0.25, -0.2) is 0 Å². The number of carbonyl (C=O) groups is 3. The van der Waals surface area contributed by atoms with Gasteiger partial charge >= 0.3 is 17.9 Å². The summed E-state index contributed by atoms with van der Waals surface area (Å²) in [6.07, 6.45) is -3.35. The smallest absolute Gasteiger partial charge is 0.305 e. The van der Waals surface area contributed by atoms with Gasteiger partial charge in [-0.15, -0.1) is 0 Å². The van der Waals surface area contributed by atoms with Crippen molar-refractivity contribution < 1.29 is 33.3 Å². The van der Waals surface area contributed by atoms with E-state index >= 15 is 0 Å². The minimum atomic E-state index is -1.06. The van der Waals surface area contributed by atoms with Gasteiger partial charge in [-0.3, -0.25) is 14.4 Å². The molecule has 1 heterocycles. The van der Waals surface area contributed by atoms with Crippen molar-refractivity contribution in [2.75, 3.05) is 0 Å². The summed E-state index contributed by atoms with van der Waals surface area (Å²) in [4.78, 5) is 32.9. The van der Waals surface area contributed by atoms with E-state index in [9.17, 15) is 14.4 Å². The first kappa shape index (κ1) is 14.4. The van der Waals surface area contributed by atoms with Crippen molar-refractivity contribution in [2.24, 2.45) is 0 Å². The fourth-order valence-corrected chi connectivity index (χ4v) is 1.72. The lowest BCUT2D eigenvalue weighted by molar-refractivity contribution is -0.194. The van der Waals surface area contributed by atoms with E-state index in [0.29, 0.717) is 0 Å². The summed E-state index contributed by atoms with van der Waals surface area (Å²) in [5.74, 6) is -1.68. The summed E-state index contributed by atoms with van der Waals surface area (Å²) in [5, 5.41) is 0. The third kappa shape index (κ3) is 3.69. The Kier molecular flexibility index (Phi) is 4.66. The van der Waals surface area contributed by atoms with Gasteiger partial charge in [0, 0.05) is 20.8 Å². The molecule has 0 radical (unpaired) electrons. The van der Waals surface area contributed by atoms with E-state index in [0.717, 1.165) is 0 Å². The van der Waals surface area contributed by atoms with Crippen molar-refractivity contribution in [1.29, 1.82) is 0 Å². The van der Waals surface area contributed by atoms with Gasteiger partial charge in [-0.2, -0.15) is 0 Å². The van der Waals surface area contributed by atoms with Gasteiger partial charge in [0.15, 0.2) is 6.10 Å². The lowest BCUT2D eigenvalue weighted by atomic mass is 10.1. The molecule has 18 heavy (non-hydrogen) atoms. The van der Waals surface area contributed by atoms with E-state index in [4.69, 9.17) is 18.9 Å². The Balaban J connectivity index is 2.83. The van der Waals surface area contributed by atoms with Crippen LogP contribution in [0.15, 0.2) is 0 Å². The fourth-order valence-electron chi connectivity index (χ4n) is 1.72. The zero-order valence-corrected chi connectivity index (χ0v) is 10.7. The highest BCUT2D eigenvalue weighted by Crippen LogP contribution is 2.27. The zero-order valence-electron chi connectivity index (χ0n) is 10.7. The van der Waals surface area contributed by atoms with Gasteiger partial charge in [0.25, 0.3) is 0 Å². The summed E-state index contributed by atoms with van der Waals surface area (Å²) >= 11 is 0. The minimum absolute atomic E-state index is 0.531. The molecule has 7 nitrogen and oxygen atoms in total. The van der Waals surface area contributed by atoms with Crippen molar-refractivity contribution in [2.45, 2.75) is 52.3 Å². The lowest BCUT2D eigenvalue weighted by Gasteiger charge is -2.22. The van der Waals surface area contributed by atoms with Crippen LogP contribution in [0.5, 0.6) is 0 Å². The Morgan fingerprint density at radius 3 is 1.72 bits per heavy atom. The predicted octanol–water partition coefficient (Wildman–Crippen LogP) is 0.158. The van der Waals surface area contributed by atoms with Gasteiger partial charge < -0.3 is 18.9 Å². The third-order valence-corrected chi connectivity index (χ3v) is 2.29. The number of hydrogen-bond donors (Lipinski definition) is 0. The molecule has 1 aliphatic rings. The van der Waals surface area contributed by atoms with Gasteiger partial charge in [0.2, 0.25) is 12.4 Å². The second kappa shape index (κ2) is 5.81. The molecule has 102 valence electrons. The Labute approximate surface area is 104 Å². The largest absolute Gasteiger partial charge is 0.456 e. The van der Waals surface area contributed by atoms with Crippen LogP contribution in [0.2, 0.25) is 0 Å². The Morgan fingerprint density at radius 1 is 0.833 bits per heavy atom. The lowest BCUT2D eigenvalue weighted by Crippen LogP contribution is -2.40. The number of esters is 3. The average Bonchev–Trinajstić information content (AvgIpc) is 2.43. The van der Waals surface area contributed by atoms with Crippen LogP contribution in [-0.4, -0.2) is 42.5 Å². The van der Waals surface area contributed by atoms with Crippen molar-refractivity contribution in [3.63, 3.8) is 0 Å². The molecule has 4 atom stereocenters. The molecular formula is C11H16O7. The van der Waals surface area contributed by atoms with Crippen LogP contribution in [0.3, 0.4) is 0 Å². The normalized spacial score (nSPS) is 30.7. The summed E-state index contributed by atoms with van der Waals surface area (Å²) < 4.78 is 20.2. The minimum Gasteiger partial charge on any atom is -0.456 e. The van der Waals surface area contributed by atoms with Crippen LogP contribution < -0.4 is 0 Å². The van der Waals surface area contributed by atoms with E-state index in [-0.39, 0.29) is 0 Å². The summed E-state index contributed by atoms with van der Waals surface area (Å²) in [5.41, 5.74) is 0. The maximum Gasteiger partial charge on any atom is 0.305 e. The van der Waals surface area contributed by atoms with Crippen LogP contribution in [0.4, 0.5) is 0 Å². The predicted molar refractivity (Wildman–Crippen MR) is 57.2 cm³/mol. The summed E-state index contributed by atoms with van der Waals surface area (Å²) in [7, 11) is 0. The van der Waals surface area contributed by atoms with E-state index in [2.05, 4.69) is 0 Å². The Morgan fingerprint density at radius 2 is 1.28 bits per heavy atom. The molecule has 1 aliphatic heterocycles. The standard InChI is InChI=1S/C11H16O7/c1-5-9(16-6(2)12)10(17-7(3)13)11(15-5)18-8(4)14/h5,9-11H,1-4H3/t5-,9-,10-,11-/m0/s1. The van der Waals surface area contributed by atoms with Crippen LogP contribution in [0.1, 0.15) is 27.7 Å². The van der Waals surface area contributed by atoms with Crippen LogP contribution in [0, 0.1) is 0 Å². The molecule has 0 spiro atoms. The molecule has 0 N–H and O–H groups in total. The summed E-state index contributed by atoms with van der Waals surface area (Å²) in [6.45, 7) is 5.28. The molecule has 0 aromatic carbocycles. The number of ether oxygens (including phenoxy) is 4. The molecule has 7 heteroatoms. The highest BCUT2D eigenvalue weighted by Gasteiger charge is 2.49. The number of hydrogen-bond acceptors (Lipinski definition) is 7. The average molecular weight is 260 g/mol. The van der Waals surface area contributed by atoms with Crippen molar-refractivity contribution >= 4 is 17.9 Å². The number of rotatable bonds is 3. The van der Waals surface area contributed by atoms with E-state index in [1.807, 2.05) is 0 Å². The van der Waals surface area contributed by atoms with Gasteiger partial charge in [0.1, 0.15) is 0 Å². The third-order valence-electron chi connectivity index (χ3n) is 2.29. The molecule has 1 fully saturated rings. The highest BCUT2D eigenvalue weighted by molar-refractivity contribution is 5.68. The highest BCUT2D eigenvalue weighted by atomic mass is 16.7. The van der Waals surface area contributed by atoms with Crippen molar-refractivity contribution in [3.05, 3.63) is 0 Å². The topological polar surface area (TPSA) is 88.1 Å². The molecule has 0 saturated carbocycles. The van der Waals surface area contributed by atoms with E-state index in [1.54, 1.807) is 6.92 Å². The van der Waals surface area contributed by atoms with E-state index < -0.39 is 42.5 Å². The second-order valence-corrected chi connectivity index (χ2v) is 3.97. The maximum atomic E-state index is 11.0. The Hall–Kier alpha value is -1.63. The molecular weight excluding hydrogens is 244 g/mol. The molecule has 0 aliphatic carbocycles. The van der Waals surface area contributed by atoms with Crippen molar-refractivity contribution in [1.82, 2.24) is 0 Å². The fraction of sp³-hybridized carbons (Fsp3) is 0.727. The SMILES string of the molecule is CC(=O)O[C@@H]1O[C@@H](C)[C@H](OC(C)=O)[C@@H]1OC(C)=O. The first-order chi connectivity index (χ1) is 8.31. The van der Waals surface area contributed by atoms with Crippen LogP contribution in [0.25, 0.3) is 0 Å². The molecule has 1 saturated heterocycles. The van der Waals surface area contributed by atoms with Gasteiger partial charge in [-0.1, -0.05) is 0 Å². The second-order valence-electron chi connectivity index (χ2n) is 3.97. The summed E-state index contributed by atoms with van der Waals surface area (Å²) in [6, 6.07) is 0. The Bertz CT molecular complexity index is 351. The van der Waals surface area contributed by atoms with Gasteiger partial charge in [-0.05, 0) is 6.92 Å². The zero-order chi connectivity index (χ0) is 13.9. The first-order valence-corrected chi connectivity index (χ1v) is 5.48. The maximum absolute atomic E-state index is 11.0. The molecule has 0 amide bonds. The van der Waals surface area contributed by atoms with Crippen molar-refractivity contribution in [3.8, 4) is 0 Å². The molecule has 0 aromatic heterocycles. The monoisotopic (exact) mass is 260 g/mol. The van der Waals surface area contributed by atoms with Crippen LogP contribution >= 0.6 is 0 Å². The molecule has 0 aromatic rings. The quantitative estimate of drug-likeness (QED) is 0.527. The molecule has 1 rings (SSSR count). The van der Waals surface area contributed by atoms with Crippen LogP contribution in [-0.2, 0) is 33.3 Å².